The van der Waals surface area contributed by atoms with E-state index in [-0.39, 0.29) is 70.0 Å². The predicted octanol–water partition coefficient (Wildman–Crippen LogP) is 10.4. The topological polar surface area (TPSA) is 209 Å². The molecule has 0 fully saturated rings. The summed E-state index contributed by atoms with van der Waals surface area (Å²) < 4.78 is 111. The minimum atomic E-state index is -1.47. The zero-order valence-corrected chi connectivity index (χ0v) is 46.7. The summed E-state index contributed by atoms with van der Waals surface area (Å²) in [5.74, 6) is -8.19. The van der Waals surface area contributed by atoms with E-state index in [4.69, 9.17) is 47.5 Å². The average molecular weight is 1220 g/mol. The molecule has 0 unspecified atom stereocenters. The number of hydrogen-bond acceptors (Lipinski definition) is 14. The number of halogens is 8. The highest BCUT2D eigenvalue weighted by molar-refractivity contribution is 6.34. The largest absolute Gasteiger partial charge is 0.497 e. The second kappa shape index (κ2) is 23.5. The summed E-state index contributed by atoms with van der Waals surface area (Å²) in [4.78, 5) is 75.8. The molecule has 0 atom stereocenters. The van der Waals surface area contributed by atoms with E-state index < -0.39 is 87.8 Å². The van der Waals surface area contributed by atoms with E-state index >= 15 is 13.6 Å². The fourth-order valence-corrected chi connectivity index (χ4v) is 11.2. The summed E-state index contributed by atoms with van der Waals surface area (Å²) in [6.45, 7) is -1.16. The number of ether oxygens (including phenoxy) is 3. The summed E-state index contributed by atoms with van der Waals surface area (Å²) in [5, 5.41) is 12.5. The van der Waals surface area contributed by atoms with Crippen molar-refractivity contribution in [3.8, 4) is 28.6 Å². The van der Waals surface area contributed by atoms with Gasteiger partial charge in [0, 0.05) is 57.9 Å². The third-order valence-electron chi connectivity index (χ3n) is 14.9. The minimum Gasteiger partial charge on any atom is -0.497 e. The molecule has 0 aliphatic carbocycles. The molecule has 14 rings (SSSR count). The maximum atomic E-state index is 15.5. The second-order valence-corrected chi connectivity index (χ2v) is 21.2. The van der Waals surface area contributed by atoms with Crippen LogP contribution < -0.4 is 47.6 Å². The zero-order valence-electron chi connectivity index (χ0n) is 45.2. The fourth-order valence-electron chi connectivity index (χ4n) is 10.7. The van der Waals surface area contributed by atoms with Gasteiger partial charge in [0.25, 0.3) is 0 Å². The molecule has 0 radical (unpaired) electrons. The quantitative estimate of drug-likeness (QED) is 0.112. The number of fused-ring (bicyclic) bond motifs is 15. The number of nitrogens with zero attached hydrogens (tertiary/aromatic N) is 10. The van der Waals surface area contributed by atoms with Gasteiger partial charge in [-0.25, -0.2) is 54.7 Å². The van der Waals surface area contributed by atoms with Crippen molar-refractivity contribution in [2.45, 2.75) is 71.0 Å². The van der Waals surface area contributed by atoms with Gasteiger partial charge in [0.2, 0.25) is 11.9 Å². The van der Waals surface area contributed by atoms with Crippen LogP contribution in [0.3, 0.4) is 0 Å². The van der Waals surface area contributed by atoms with Crippen molar-refractivity contribution in [2.75, 3.05) is 31.0 Å². The summed E-state index contributed by atoms with van der Waals surface area (Å²) in [5.41, 5.74) is -2.81. The molecule has 440 valence electrons. The molecule has 5 aromatic carbocycles. The maximum absolute atomic E-state index is 15.5. The molecule has 0 amide bonds. The summed E-state index contributed by atoms with van der Waals surface area (Å²) in [6, 6.07) is 13.7. The number of benzene rings is 5. The first-order valence-electron chi connectivity index (χ1n) is 27.0. The highest BCUT2D eigenvalue weighted by Crippen LogP contribution is 2.39. The lowest BCUT2D eigenvalue weighted by Gasteiger charge is -2.20. The first-order chi connectivity index (χ1) is 41.5. The molecule has 2 N–H and O–H groups in total. The third kappa shape index (κ3) is 10.9. The van der Waals surface area contributed by atoms with Crippen LogP contribution in [0.5, 0.6) is 17.2 Å². The lowest BCUT2D eigenvalue weighted by molar-refractivity contribution is 0.303. The van der Waals surface area contributed by atoms with Crippen molar-refractivity contribution in [1.82, 2.24) is 48.0 Å². The molecule has 5 aromatic heterocycles. The van der Waals surface area contributed by atoms with Crippen LogP contribution in [0.4, 0.5) is 49.6 Å². The third-order valence-corrected chi connectivity index (χ3v) is 15.5. The molecule has 19 nitrogen and oxygen atoms in total. The van der Waals surface area contributed by atoms with Gasteiger partial charge in [-0.3, -0.25) is 23.8 Å². The molecular formula is C59H46Cl2F6N12O7. The highest BCUT2D eigenvalue weighted by Gasteiger charge is 2.27. The number of aromatic nitrogens is 10. The minimum absolute atomic E-state index is 0.0135. The van der Waals surface area contributed by atoms with Crippen LogP contribution in [0.1, 0.15) is 66.5 Å². The normalized spacial score (nSPS) is 13.6. The SMILES string of the molecule is COc1ccc2c(c1)OCCCCCc1cccc3c(Cn4cc5c6c(c(Cl)cc5n4)Nc4nc(=O)n(c(=O)n4Cc4cc(F)c(F)cc4F)-c4cncc(Cl)c4OCCCCC6)ncc(c13)-n1c(=O)nc(n(Cc3cc(F)c(F)cc3F)c1=O)N2. The lowest BCUT2D eigenvalue weighted by Crippen LogP contribution is -2.42. The van der Waals surface area contributed by atoms with Gasteiger partial charge >= 0.3 is 22.8 Å². The highest BCUT2D eigenvalue weighted by atomic mass is 35.5. The lowest BCUT2D eigenvalue weighted by atomic mass is 9.97. The molecule has 0 spiro atoms. The Morgan fingerprint density at radius 2 is 1.27 bits per heavy atom. The standard InChI is InChI=1S/C59H46Cl2F6N12O7/c1-84-33-13-14-45-50(19-33)85-15-6-2-4-9-30-10-8-12-35-47(69-25-48(51(30)35)78-56(80)72-54(70-45)76(58(78)82)26-31-17-41(64)43(66)21-39(31)62)29-75-28-36-34-11-5-3-7-16-86-53-38(61)23-68-24-49(53)79-57(81)73-55(71-52(34)37(60)20-46(36)74-75)77(59(79)83)27-32-18-42(65)44(67)22-40(32)63/h8,10,12-14,17-25,28H,2-7,9,11,15-16,26-27,29H2,1H3,(H,70,72,80)(H,71,73,81). The first kappa shape index (κ1) is 57.0. The molecule has 0 saturated heterocycles. The van der Waals surface area contributed by atoms with E-state index in [2.05, 4.69) is 25.6 Å². The fraction of sp³-hybridized carbons (Fsp3) is 0.237. The van der Waals surface area contributed by atoms with Crippen LogP contribution in [-0.2, 0) is 32.5 Å². The Morgan fingerprint density at radius 1 is 0.628 bits per heavy atom. The van der Waals surface area contributed by atoms with Gasteiger partial charge in [-0.1, -0.05) is 41.4 Å². The molecule has 0 saturated carbocycles. The second-order valence-electron chi connectivity index (χ2n) is 20.4. The summed E-state index contributed by atoms with van der Waals surface area (Å²) >= 11 is 13.7. The van der Waals surface area contributed by atoms with Crippen LogP contribution >= 0.6 is 23.2 Å². The molecule has 86 heavy (non-hydrogen) atoms. The molecule has 4 aliphatic rings. The number of methoxy groups -OCH3 is 1. The van der Waals surface area contributed by atoms with Crippen LogP contribution in [0.25, 0.3) is 33.1 Å². The van der Waals surface area contributed by atoms with E-state index in [0.29, 0.717) is 119 Å². The molecule has 9 heterocycles. The van der Waals surface area contributed by atoms with Crippen molar-refractivity contribution in [3.63, 3.8) is 0 Å². The number of aryl methyl sites for hydroxylation is 2. The average Bonchev–Trinajstić information content (AvgIpc) is 1.22. The van der Waals surface area contributed by atoms with Crippen LogP contribution in [0.15, 0.2) is 111 Å². The number of hydrogen-bond donors (Lipinski definition) is 2. The van der Waals surface area contributed by atoms with E-state index in [1.54, 1.807) is 41.2 Å². The summed E-state index contributed by atoms with van der Waals surface area (Å²) in [6.07, 6.45) is 9.87. The van der Waals surface area contributed by atoms with E-state index in [0.717, 1.165) is 19.3 Å². The van der Waals surface area contributed by atoms with Gasteiger partial charge in [-0.2, -0.15) is 15.1 Å². The van der Waals surface area contributed by atoms with Crippen molar-refractivity contribution < 1.29 is 40.6 Å². The van der Waals surface area contributed by atoms with E-state index in [9.17, 15) is 31.9 Å². The van der Waals surface area contributed by atoms with Crippen molar-refractivity contribution in [3.05, 3.63) is 206 Å². The van der Waals surface area contributed by atoms with Crippen molar-refractivity contribution in [1.29, 1.82) is 0 Å². The maximum Gasteiger partial charge on any atom is 0.359 e. The molecule has 27 heteroatoms. The molecule has 10 aromatic rings. The van der Waals surface area contributed by atoms with E-state index in [1.165, 1.54) is 25.7 Å². The Kier molecular flexibility index (Phi) is 15.6. The van der Waals surface area contributed by atoms with Crippen molar-refractivity contribution >= 4 is 68.1 Å². The van der Waals surface area contributed by atoms with Gasteiger partial charge in [0.15, 0.2) is 29.0 Å². The first-order valence-corrected chi connectivity index (χ1v) is 27.7. The van der Waals surface area contributed by atoms with Gasteiger partial charge in [-0.15, -0.1) is 0 Å². The number of rotatable bonds is 7. The summed E-state index contributed by atoms with van der Waals surface area (Å²) in [7, 11) is 1.47. The number of nitrogens with one attached hydrogen (secondary N) is 2. The Labute approximate surface area is 491 Å². The Morgan fingerprint density at radius 3 is 1.95 bits per heavy atom. The Balaban J connectivity index is 0.983. The van der Waals surface area contributed by atoms with Crippen LogP contribution in [0, 0.1) is 34.9 Å². The Bertz CT molecular complexity index is 4650. The molecule has 4 bridgehead atoms. The zero-order chi connectivity index (χ0) is 60.1. The van der Waals surface area contributed by atoms with Gasteiger partial charge in [-0.05, 0) is 92.8 Å². The van der Waals surface area contributed by atoms with E-state index in [1.807, 2.05) is 12.1 Å². The van der Waals surface area contributed by atoms with Crippen molar-refractivity contribution in [2.24, 2.45) is 0 Å². The Hall–Kier alpha value is -9.49. The van der Waals surface area contributed by atoms with Gasteiger partial charge in [0.1, 0.15) is 33.8 Å². The smallest absolute Gasteiger partial charge is 0.359 e. The van der Waals surface area contributed by atoms with Gasteiger partial charge in [0.05, 0.1) is 85.6 Å². The predicted molar refractivity (Wildman–Crippen MR) is 307 cm³/mol. The number of anilines is 4. The monoisotopic (exact) mass is 1220 g/mol. The molecular weight excluding hydrogens is 1170 g/mol. The van der Waals surface area contributed by atoms with Crippen LogP contribution in [0.2, 0.25) is 10.0 Å². The van der Waals surface area contributed by atoms with Gasteiger partial charge < -0.3 is 24.8 Å². The number of pyridine rings is 2. The van der Waals surface area contributed by atoms with Crippen LogP contribution in [-0.4, -0.2) is 68.3 Å². The molecule has 4 aliphatic heterocycles.